The lowest BCUT2D eigenvalue weighted by molar-refractivity contribution is -0.122. The smallest absolute Gasteiger partial charge is 0.286 e. The Balaban J connectivity index is 1.50. The van der Waals surface area contributed by atoms with Crippen molar-refractivity contribution in [1.82, 2.24) is 10.6 Å². The van der Waals surface area contributed by atoms with E-state index in [1.54, 1.807) is 12.1 Å². The van der Waals surface area contributed by atoms with Gasteiger partial charge in [-0.1, -0.05) is 19.9 Å². The van der Waals surface area contributed by atoms with Crippen molar-refractivity contribution < 1.29 is 23.5 Å². The predicted molar refractivity (Wildman–Crippen MR) is 103 cm³/mol. The first-order valence-corrected chi connectivity index (χ1v) is 9.55. The van der Waals surface area contributed by atoms with Crippen LogP contribution in [0.3, 0.4) is 0 Å². The Labute approximate surface area is 164 Å². The average molecular weight is 386 g/mol. The summed E-state index contributed by atoms with van der Waals surface area (Å²) in [6.07, 6.45) is 2.32. The Bertz CT molecular complexity index is 801. The van der Waals surface area contributed by atoms with Gasteiger partial charge < -0.3 is 24.5 Å². The number of hydrogen-bond acceptors (Lipinski definition) is 5. The summed E-state index contributed by atoms with van der Waals surface area (Å²) < 4.78 is 16.2. The van der Waals surface area contributed by atoms with Crippen LogP contribution in [0.1, 0.15) is 48.8 Å². The Morgan fingerprint density at radius 1 is 1.11 bits per heavy atom. The van der Waals surface area contributed by atoms with Gasteiger partial charge in [-0.2, -0.15) is 0 Å². The lowest BCUT2D eigenvalue weighted by Crippen LogP contribution is -2.32. The molecule has 0 spiro atoms. The highest BCUT2D eigenvalue weighted by Crippen LogP contribution is 2.34. The quantitative estimate of drug-likeness (QED) is 0.681. The third kappa shape index (κ3) is 5.06. The van der Waals surface area contributed by atoms with Gasteiger partial charge in [0, 0.05) is 13.0 Å². The van der Waals surface area contributed by atoms with E-state index in [-0.39, 0.29) is 29.5 Å². The predicted octanol–water partition coefficient (Wildman–Crippen LogP) is 3.07. The standard InChI is InChI=1S/C21H26N2O5/c1-14(2)20(15-7-8-16-18(13-15)28-12-11-27-16)23-19(24)6-3-9-22-21(25)17-5-4-10-26-17/h4-5,7-8,10,13-14,20H,3,6,9,11-12H2,1-2H3,(H,22,25)(H,23,24). The second-order valence-corrected chi connectivity index (χ2v) is 7.03. The Morgan fingerprint density at radius 2 is 1.89 bits per heavy atom. The molecule has 0 radical (unpaired) electrons. The molecule has 0 aliphatic carbocycles. The molecule has 1 unspecified atom stereocenters. The van der Waals surface area contributed by atoms with Crippen molar-refractivity contribution in [1.29, 1.82) is 0 Å². The summed E-state index contributed by atoms with van der Waals surface area (Å²) in [6, 6.07) is 8.91. The minimum absolute atomic E-state index is 0.0548. The molecule has 2 aromatic rings. The fourth-order valence-electron chi connectivity index (χ4n) is 3.08. The number of fused-ring (bicyclic) bond motifs is 1. The van der Waals surface area contributed by atoms with Crippen LogP contribution in [0, 0.1) is 5.92 Å². The molecule has 2 amide bonds. The Kier molecular flexibility index (Phi) is 6.57. The molecule has 1 atom stereocenters. The van der Waals surface area contributed by atoms with Gasteiger partial charge in [-0.3, -0.25) is 9.59 Å². The van der Waals surface area contributed by atoms with Crippen molar-refractivity contribution in [2.75, 3.05) is 19.8 Å². The zero-order valence-corrected chi connectivity index (χ0v) is 16.2. The molecular weight excluding hydrogens is 360 g/mol. The molecule has 0 saturated heterocycles. The third-order valence-electron chi connectivity index (χ3n) is 4.52. The van der Waals surface area contributed by atoms with Crippen LogP contribution in [0.5, 0.6) is 11.5 Å². The number of carbonyl (C=O) groups is 2. The Hall–Kier alpha value is -2.96. The molecule has 28 heavy (non-hydrogen) atoms. The van der Waals surface area contributed by atoms with Crippen molar-refractivity contribution >= 4 is 11.8 Å². The normalized spacial score (nSPS) is 13.8. The van der Waals surface area contributed by atoms with Gasteiger partial charge in [0.25, 0.3) is 5.91 Å². The zero-order valence-electron chi connectivity index (χ0n) is 16.2. The Morgan fingerprint density at radius 3 is 2.61 bits per heavy atom. The number of ether oxygens (including phenoxy) is 2. The summed E-state index contributed by atoms with van der Waals surface area (Å²) in [5.41, 5.74) is 0.985. The topological polar surface area (TPSA) is 89.8 Å². The summed E-state index contributed by atoms with van der Waals surface area (Å²) in [5, 5.41) is 5.83. The van der Waals surface area contributed by atoms with Gasteiger partial charge in [0.15, 0.2) is 17.3 Å². The van der Waals surface area contributed by atoms with Gasteiger partial charge in [0.2, 0.25) is 5.91 Å². The number of hydrogen-bond donors (Lipinski definition) is 2. The van der Waals surface area contributed by atoms with Gasteiger partial charge >= 0.3 is 0 Å². The van der Waals surface area contributed by atoms with Crippen LogP contribution in [-0.4, -0.2) is 31.6 Å². The van der Waals surface area contributed by atoms with Crippen LogP contribution in [0.2, 0.25) is 0 Å². The van der Waals surface area contributed by atoms with Gasteiger partial charge in [-0.05, 0) is 42.2 Å². The molecule has 7 heteroatoms. The molecular formula is C21H26N2O5. The van der Waals surface area contributed by atoms with Gasteiger partial charge in [0.1, 0.15) is 13.2 Å². The first kappa shape index (κ1) is 19.8. The molecule has 1 aliphatic heterocycles. The lowest BCUT2D eigenvalue weighted by atomic mass is 9.95. The van der Waals surface area contributed by atoms with Crippen molar-refractivity contribution in [2.24, 2.45) is 5.92 Å². The molecule has 1 aromatic carbocycles. The van der Waals surface area contributed by atoms with Gasteiger partial charge in [-0.15, -0.1) is 0 Å². The first-order valence-electron chi connectivity index (χ1n) is 9.55. The fraction of sp³-hybridized carbons (Fsp3) is 0.429. The van der Waals surface area contributed by atoms with E-state index >= 15 is 0 Å². The van der Waals surface area contributed by atoms with E-state index in [4.69, 9.17) is 13.9 Å². The summed E-state index contributed by atoms with van der Waals surface area (Å²) in [6.45, 7) is 5.60. The lowest BCUT2D eigenvalue weighted by Gasteiger charge is -2.25. The molecule has 0 saturated carbocycles. The van der Waals surface area contributed by atoms with Crippen LogP contribution in [0.4, 0.5) is 0 Å². The van der Waals surface area contributed by atoms with Crippen molar-refractivity contribution in [3.05, 3.63) is 47.9 Å². The maximum absolute atomic E-state index is 12.4. The highest BCUT2D eigenvalue weighted by atomic mass is 16.6. The largest absolute Gasteiger partial charge is 0.486 e. The number of nitrogens with one attached hydrogen (secondary N) is 2. The van der Waals surface area contributed by atoms with E-state index in [0.29, 0.717) is 38.3 Å². The number of carbonyl (C=O) groups excluding carboxylic acids is 2. The molecule has 1 aliphatic rings. The van der Waals surface area contributed by atoms with Gasteiger partial charge in [-0.25, -0.2) is 0 Å². The highest BCUT2D eigenvalue weighted by molar-refractivity contribution is 5.91. The number of furan rings is 1. The third-order valence-corrected chi connectivity index (χ3v) is 4.52. The first-order chi connectivity index (χ1) is 13.5. The molecule has 0 fully saturated rings. The van der Waals surface area contributed by atoms with Crippen LogP contribution < -0.4 is 20.1 Å². The van der Waals surface area contributed by atoms with Crippen LogP contribution in [-0.2, 0) is 4.79 Å². The molecule has 1 aromatic heterocycles. The fourth-order valence-corrected chi connectivity index (χ4v) is 3.08. The molecule has 7 nitrogen and oxygen atoms in total. The molecule has 3 rings (SSSR count). The SMILES string of the molecule is CC(C)C(NC(=O)CCCNC(=O)c1ccco1)c1ccc2c(c1)OCCO2. The molecule has 2 N–H and O–H groups in total. The van der Waals surface area contributed by atoms with Crippen molar-refractivity contribution in [3.8, 4) is 11.5 Å². The van der Waals surface area contributed by atoms with Crippen LogP contribution >= 0.6 is 0 Å². The van der Waals surface area contributed by atoms with Crippen LogP contribution in [0.25, 0.3) is 0 Å². The maximum atomic E-state index is 12.4. The molecule has 0 bridgehead atoms. The second-order valence-electron chi connectivity index (χ2n) is 7.03. The summed E-state index contributed by atoms with van der Waals surface area (Å²) >= 11 is 0. The van der Waals surface area contributed by atoms with Crippen molar-refractivity contribution in [2.45, 2.75) is 32.7 Å². The number of benzene rings is 1. The van der Waals surface area contributed by atoms with E-state index in [1.165, 1.54) is 6.26 Å². The average Bonchev–Trinajstić information content (AvgIpc) is 3.23. The van der Waals surface area contributed by atoms with Crippen LogP contribution in [0.15, 0.2) is 41.0 Å². The van der Waals surface area contributed by atoms with E-state index in [9.17, 15) is 9.59 Å². The summed E-state index contributed by atoms with van der Waals surface area (Å²) in [4.78, 5) is 24.2. The molecule has 2 heterocycles. The summed E-state index contributed by atoms with van der Waals surface area (Å²) in [7, 11) is 0. The zero-order chi connectivity index (χ0) is 19.9. The van der Waals surface area contributed by atoms with Gasteiger partial charge in [0.05, 0.1) is 12.3 Å². The highest BCUT2D eigenvalue weighted by Gasteiger charge is 2.21. The number of rotatable bonds is 8. The second kappa shape index (κ2) is 9.30. The van der Waals surface area contributed by atoms with E-state index in [1.807, 2.05) is 18.2 Å². The minimum Gasteiger partial charge on any atom is -0.486 e. The minimum atomic E-state index is -0.276. The van der Waals surface area contributed by atoms with E-state index in [0.717, 1.165) is 11.3 Å². The van der Waals surface area contributed by atoms with E-state index < -0.39 is 0 Å². The van der Waals surface area contributed by atoms with Crippen molar-refractivity contribution in [3.63, 3.8) is 0 Å². The maximum Gasteiger partial charge on any atom is 0.286 e. The number of amides is 2. The summed E-state index contributed by atoms with van der Waals surface area (Å²) in [5.74, 6) is 1.59. The van der Waals surface area contributed by atoms with E-state index in [2.05, 4.69) is 24.5 Å². The monoisotopic (exact) mass is 386 g/mol. The molecule has 150 valence electrons.